The Morgan fingerprint density at radius 3 is 2.38 bits per heavy atom. The number of hydrogen-bond donors (Lipinski definition) is 3. The van der Waals surface area contributed by atoms with Crippen LogP contribution in [0.5, 0.6) is 0 Å². The molecule has 0 aliphatic carbocycles. The number of aliphatic hydroxyl groups excluding tert-OH is 1. The molecular formula is C19H15F4N5O3S. The molecule has 3 rings (SSSR count). The summed E-state index contributed by atoms with van der Waals surface area (Å²) in [5.74, 6) is -3.20. The highest BCUT2D eigenvalue weighted by Crippen LogP contribution is 2.30. The Hall–Kier alpha value is -3.74. The van der Waals surface area contributed by atoms with Gasteiger partial charge in [-0.2, -0.15) is 18.2 Å². The number of carbonyl (C=O) groups is 2. The number of carbonyl (C=O) groups excluding carboxylic acids is 2. The van der Waals surface area contributed by atoms with Crippen molar-refractivity contribution in [3.63, 3.8) is 0 Å². The molecule has 0 bridgehead atoms. The van der Waals surface area contributed by atoms with Crippen molar-refractivity contribution in [2.45, 2.75) is 6.18 Å². The van der Waals surface area contributed by atoms with Crippen molar-refractivity contribution in [1.82, 2.24) is 15.3 Å². The van der Waals surface area contributed by atoms with Crippen LogP contribution in [0.25, 0.3) is 0 Å². The molecule has 168 valence electrons. The molecule has 13 heteroatoms. The van der Waals surface area contributed by atoms with Gasteiger partial charge in [-0.15, -0.1) is 0 Å². The standard InChI is InChI=1S/C19H15F4N5O3S/c1-24-18(32)28-17(31)15(16(30)26-11-4-2-10(20)3-5-11)13(29)9-27(28)12-6-7-14(25-8-12)19(21,22)23/h2-8,29H,9H2,1H3,(H,24,32)(H,26,30). The molecule has 32 heavy (non-hydrogen) atoms. The van der Waals surface area contributed by atoms with E-state index in [2.05, 4.69) is 15.6 Å². The maximum Gasteiger partial charge on any atom is 0.433 e. The molecule has 0 unspecified atom stereocenters. The van der Waals surface area contributed by atoms with E-state index in [-0.39, 0.29) is 16.5 Å². The van der Waals surface area contributed by atoms with Gasteiger partial charge in [0.25, 0.3) is 11.8 Å². The highest BCUT2D eigenvalue weighted by atomic mass is 32.1. The number of aromatic nitrogens is 1. The van der Waals surface area contributed by atoms with E-state index in [0.29, 0.717) is 6.07 Å². The van der Waals surface area contributed by atoms with Crippen LogP contribution in [0.2, 0.25) is 0 Å². The third-order valence-corrected chi connectivity index (χ3v) is 4.68. The molecular weight excluding hydrogens is 454 g/mol. The first-order valence-electron chi connectivity index (χ1n) is 8.89. The second-order valence-electron chi connectivity index (χ2n) is 6.41. The van der Waals surface area contributed by atoms with Gasteiger partial charge in [-0.25, -0.2) is 9.37 Å². The molecule has 0 radical (unpaired) electrons. The molecule has 0 spiro atoms. The van der Waals surface area contributed by atoms with Crippen LogP contribution >= 0.6 is 12.2 Å². The van der Waals surface area contributed by atoms with E-state index in [1.165, 1.54) is 19.2 Å². The van der Waals surface area contributed by atoms with E-state index < -0.39 is 47.4 Å². The molecule has 0 fully saturated rings. The van der Waals surface area contributed by atoms with Crippen LogP contribution in [0.3, 0.4) is 0 Å². The normalized spacial score (nSPS) is 14.5. The summed E-state index contributed by atoms with van der Waals surface area (Å²) < 4.78 is 51.5. The van der Waals surface area contributed by atoms with Crippen molar-refractivity contribution in [2.24, 2.45) is 0 Å². The van der Waals surface area contributed by atoms with Crippen molar-refractivity contribution in [3.05, 3.63) is 65.4 Å². The SMILES string of the molecule is CNC(=S)N1C(=O)C(C(=O)Nc2ccc(F)cc2)=C(O)CN1c1ccc(C(F)(F)F)nc1. The lowest BCUT2D eigenvalue weighted by molar-refractivity contribution is -0.141. The number of hydrazine groups is 1. The van der Waals surface area contributed by atoms with Crippen LogP contribution in [-0.2, 0) is 15.8 Å². The second kappa shape index (κ2) is 8.78. The molecule has 0 saturated heterocycles. The maximum absolute atomic E-state index is 13.1. The lowest BCUT2D eigenvalue weighted by Crippen LogP contribution is -2.58. The van der Waals surface area contributed by atoms with E-state index in [0.717, 1.165) is 34.4 Å². The van der Waals surface area contributed by atoms with Crippen molar-refractivity contribution >= 4 is 40.5 Å². The number of anilines is 2. The highest BCUT2D eigenvalue weighted by Gasteiger charge is 2.40. The van der Waals surface area contributed by atoms with Crippen LogP contribution in [0.4, 0.5) is 28.9 Å². The summed E-state index contributed by atoms with van der Waals surface area (Å²) in [6, 6.07) is 6.45. The lowest BCUT2D eigenvalue weighted by Gasteiger charge is -2.39. The number of nitrogens with zero attached hydrogens (tertiary/aromatic N) is 3. The van der Waals surface area contributed by atoms with Gasteiger partial charge in [-0.1, -0.05) is 0 Å². The van der Waals surface area contributed by atoms with E-state index in [9.17, 15) is 32.3 Å². The summed E-state index contributed by atoms with van der Waals surface area (Å²) >= 11 is 5.11. The van der Waals surface area contributed by atoms with Gasteiger partial charge in [-0.05, 0) is 48.6 Å². The highest BCUT2D eigenvalue weighted by molar-refractivity contribution is 7.80. The molecule has 2 heterocycles. The molecule has 8 nitrogen and oxygen atoms in total. The first-order valence-corrected chi connectivity index (χ1v) is 9.29. The zero-order valence-corrected chi connectivity index (χ0v) is 17.1. The fourth-order valence-corrected chi connectivity index (χ4v) is 2.99. The van der Waals surface area contributed by atoms with E-state index in [1.54, 1.807) is 0 Å². The molecule has 1 aliphatic heterocycles. The van der Waals surface area contributed by atoms with Gasteiger partial charge >= 0.3 is 6.18 Å². The molecule has 2 aromatic rings. The minimum absolute atomic E-state index is 0.00786. The minimum Gasteiger partial charge on any atom is -0.509 e. The topological polar surface area (TPSA) is 97.8 Å². The first kappa shape index (κ1) is 22.9. The van der Waals surface area contributed by atoms with E-state index >= 15 is 0 Å². The summed E-state index contributed by atoms with van der Waals surface area (Å²) in [5.41, 5.74) is -1.61. The third-order valence-electron chi connectivity index (χ3n) is 4.31. The summed E-state index contributed by atoms with van der Waals surface area (Å²) in [4.78, 5) is 29.0. The molecule has 1 aromatic carbocycles. The fraction of sp³-hybridized carbons (Fsp3) is 0.158. The Bertz CT molecular complexity index is 1090. The van der Waals surface area contributed by atoms with Crippen LogP contribution < -0.4 is 15.6 Å². The number of nitrogens with one attached hydrogen (secondary N) is 2. The molecule has 3 N–H and O–H groups in total. The second-order valence-corrected chi connectivity index (χ2v) is 6.80. The van der Waals surface area contributed by atoms with Crippen molar-refractivity contribution in [3.8, 4) is 0 Å². The number of aliphatic hydroxyl groups is 1. The predicted octanol–water partition coefficient (Wildman–Crippen LogP) is 2.76. The lowest BCUT2D eigenvalue weighted by atomic mass is 10.1. The number of thiocarbonyl (C=S) groups is 1. The van der Waals surface area contributed by atoms with Crippen molar-refractivity contribution < 1.29 is 32.3 Å². The van der Waals surface area contributed by atoms with Gasteiger partial charge < -0.3 is 15.7 Å². The van der Waals surface area contributed by atoms with Crippen molar-refractivity contribution in [1.29, 1.82) is 0 Å². The summed E-state index contributed by atoms with van der Waals surface area (Å²) in [7, 11) is 1.40. The number of pyridine rings is 1. The van der Waals surface area contributed by atoms with Gasteiger partial charge in [0.1, 0.15) is 22.8 Å². The average Bonchev–Trinajstić information content (AvgIpc) is 2.74. The van der Waals surface area contributed by atoms with Gasteiger partial charge in [0.2, 0.25) is 0 Å². The summed E-state index contributed by atoms with van der Waals surface area (Å²) in [6.45, 7) is -0.466. The van der Waals surface area contributed by atoms with Gasteiger partial charge in [0.15, 0.2) is 5.11 Å². The number of rotatable bonds is 3. The Labute approximate surface area is 184 Å². The quantitative estimate of drug-likeness (QED) is 0.361. The molecule has 0 atom stereocenters. The van der Waals surface area contributed by atoms with Crippen LogP contribution in [0, 0.1) is 5.82 Å². The Balaban J connectivity index is 1.95. The van der Waals surface area contributed by atoms with Crippen LogP contribution in [0.1, 0.15) is 5.69 Å². The number of hydrogen-bond acceptors (Lipinski definition) is 6. The van der Waals surface area contributed by atoms with Crippen molar-refractivity contribution in [2.75, 3.05) is 23.9 Å². The Morgan fingerprint density at radius 2 is 1.84 bits per heavy atom. The third kappa shape index (κ3) is 4.61. The first-order chi connectivity index (χ1) is 15.0. The molecule has 1 aromatic heterocycles. The van der Waals surface area contributed by atoms with Gasteiger partial charge in [0, 0.05) is 12.7 Å². The van der Waals surface area contributed by atoms with Gasteiger partial charge in [-0.3, -0.25) is 14.6 Å². The monoisotopic (exact) mass is 469 g/mol. The summed E-state index contributed by atoms with van der Waals surface area (Å²) in [5, 5.41) is 17.0. The average molecular weight is 469 g/mol. The molecule has 2 amide bonds. The number of amides is 2. The zero-order valence-electron chi connectivity index (χ0n) is 16.3. The van der Waals surface area contributed by atoms with E-state index in [1.807, 2.05) is 0 Å². The predicted molar refractivity (Wildman–Crippen MR) is 110 cm³/mol. The van der Waals surface area contributed by atoms with E-state index in [4.69, 9.17) is 12.2 Å². The fourth-order valence-electron chi connectivity index (χ4n) is 2.81. The maximum atomic E-state index is 13.1. The smallest absolute Gasteiger partial charge is 0.433 e. The van der Waals surface area contributed by atoms with Crippen LogP contribution in [-0.4, -0.2) is 45.6 Å². The molecule has 1 aliphatic rings. The molecule has 0 saturated carbocycles. The number of benzene rings is 1. The zero-order chi connectivity index (χ0) is 23.6. The minimum atomic E-state index is -4.66. The Kier molecular flexibility index (Phi) is 6.30. The summed E-state index contributed by atoms with van der Waals surface area (Å²) in [6.07, 6.45) is -3.80. The Morgan fingerprint density at radius 1 is 1.19 bits per heavy atom. The van der Waals surface area contributed by atoms with Crippen LogP contribution in [0.15, 0.2) is 53.9 Å². The number of alkyl halides is 3. The van der Waals surface area contributed by atoms with Gasteiger partial charge in [0.05, 0.1) is 18.4 Å². The largest absolute Gasteiger partial charge is 0.509 e. The number of halogens is 4.